The second-order valence-electron chi connectivity index (χ2n) is 5.37. The van der Waals surface area contributed by atoms with Crippen molar-refractivity contribution in [3.63, 3.8) is 0 Å². The zero-order valence-electron chi connectivity index (χ0n) is 14.1. The van der Waals surface area contributed by atoms with Crippen LogP contribution in [0.5, 0.6) is 5.75 Å². The van der Waals surface area contributed by atoms with Crippen LogP contribution in [0.2, 0.25) is 5.15 Å². The Kier molecular flexibility index (Phi) is 5.24. The predicted molar refractivity (Wildman–Crippen MR) is 105 cm³/mol. The molecule has 7 heteroatoms. The van der Waals surface area contributed by atoms with E-state index in [2.05, 4.69) is 38.6 Å². The molecule has 3 rings (SSSR count). The van der Waals surface area contributed by atoms with Crippen LogP contribution in [0.15, 0.2) is 66.4 Å². The summed E-state index contributed by atoms with van der Waals surface area (Å²) >= 11 is 5.99. The van der Waals surface area contributed by atoms with Crippen LogP contribution in [-0.2, 0) is 0 Å². The molecule has 0 spiro atoms. The van der Waals surface area contributed by atoms with Crippen LogP contribution in [0, 0.1) is 6.92 Å². The molecule has 0 saturated heterocycles. The van der Waals surface area contributed by atoms with Crippen molar-refractivity contribution in [2.45, 2.75) is 6.92 Å². The number of aliphatic imine (C=N–C) groups is 1. The van der Waals surface area contributed by atoms with E-state index in [1.54, 1.807) is 18.3 Å². The molecule has 0 radical (unpaired) electrons. The van der Waals surface area contributed by atoms with E-state index in [1.807, 2.05) is 25.1 Å². The molecule has 0 aliphatic heterocycles. The number of rotatable bonds is 6. The molecular formula is C19H16ClN5O. The number of fused-ring (bicyclic) bond motifs is 1. The largest absolute Gasteiger partial charge is 0.455 e. The first-order valence-corrected chi connectivity index (χ1v) is 8.08. The fourth-order valence-electron chi connectivity index (χ4n) is 2.35. The van der Waals surface area contributed by atoms with Crippen molar-refractivity contribution < 1.29 is 4.74 Å². The average Bonchev–Trinajstić information content (AvgIpc) is 2.64. The number of hydrogen-bond donors (Lipinski definition) is 1. The van der Waals surface area contributed by atoms with Gasteiger partial charge in [-0.3, -0.25) is 4.99 Å². The first-order chi connectivity index (χ1) is 12.6. The number of aromatic nitrogens is 3. The Balaban J connectivity index is 1.89. The van der Waals surface area contributed by atoms with Gasteiger partial charge in [0.1, 0.15) is 28.8 Å². The number of halogens is 1. The van der Waals surface area contributed by atoms with Gasteiger partial charge in [0.15, 0.2) is 0 Å². The van der Waals surface area contributed by atoms with Crippen LogP contribution in [-0.4, -0.2) is 21.7 Å². The molecule has 0 bridgehead atoms. The smallest absolute Gasteiger partial charge is 0.145 e. The lowest BCUT2D eigenvalue weighted by Gasteiger charge is -2.12. The van der Waals surface area contributed by atoms with Gasteiger partial charge in [-0.2, -0.15) is 0 Å². The maximum absolute atomic E-state index is 5.99. The second kappa shape index (κ2) is 7.76. The Hall–Kier alpha value is -3.25. The molecule has 6 nitrogen and oxygen atoms in total. The van der Waals surface area contributed by atoms with Crippen molar-refractivity contribution in [2.24, 2.45) is 4.99 Å². The molecule has 0 aliphatic rings. The molecule has 0 unspecified atom stereocenters. The summed E-state index contributed by atoms with van der Waals surface area (Å²) in [5, 5.41) is 4.45. The normalized spacial score (nSPS) is 11.2. The van der Waals surface area contributed by atoms with Crippen molar-refractivity contribution in [1.82, 2.24) is 15.0 Å². The van der Waals surface area contributed by atoms with E-state index in [1.165, 1.54) is 12.5 Å². The van der Waals surface area contributed by atoms with Crippen molar-refractivity contribution >= 4 is 40.7 Å². The van der Waals surface area contributed by atoms with Gasteiger partial charge >= 0.3 is 0 Å². The number of allylic oxidation sites excluding steroid dienone is 1. The minimum Gasteiger partial charge on any atom is -0.455 e. The third-order valence-corrected chi connectivity index (χ3v) is 3.78. The standard InChI is InChI=1S/C19H16ClN5O/c1-4-14(9-21-3)26-17-6-5-13(7-12(17)2)25-19-15-8-18(20)22-10-16(15)23-11-24-19/h4-11H,1,3H2,2H3,(H,23,24,25)/b14-9+. The molecule has 3 aromatic rings. The second-order valence-corrected chi connectivity index (χ2v) is 5.76. The number of hydrogen-bond acceptors (Lipinski definition) is 6. The number of benzene rings is 1. The molecule has 0 amide bonds. The van der Waals surface area contributed by atoms with E-state index in [0.717, 1.165) is 16.6 Å². The number of nitrogens with zero attached hydrogens (tertiary/aromatic N) is 4. The minimum absolute atomic E-state index is 0.384. The molecule has 130 valence electrons. The average molecular weight is 366 g/mol. The lowest BCUT2D eigenvalue weighted by Crippen LogP contribution is -1.98. The van der Waals surface area contributed by atoms with Crippen LogP contribution in [0.4, 0.5) is 11.5 Å². The maximum Gasteiger partial charge on any atom is 0.145 e. The quantitative estimate of drug-likeness (QED) is 0.293. The Labute approximate surface area is 156 Å². The molecule has 0 aliphatic carbocycles. The van der Waals surface area contributed by atoms with E-state index in [9.17, 15) is 0 Å². The third-order valence-electron chi connectivity index (χ3n) is 3.57. The number of pyridine rings is 1. The summed E-state index contributed by atoms with van der Waals surface area (Å²) in [6, 6.07) is 7.43. The lowest BCUT2D eigenvalue weighted by molar-refractivity contribution is 0.440. The highest BCUT2D eigenvalue weighted by molar-refractivity contribution is 6.30. The van der Waals surface area contributed by atoms with Gasteiger partial charge in [-0.05, 0) is 49.5 Å². The summed E-state index contributed by atoms with van der Waals surface area (Å²) in [7, 11) is 0. The topological polar surface area (TPSA) is 72.3 Å². The molecule has 0 atom stereocenters. The van der Waals surface area contributed by atoms with Crippen LogP contribution in [0.25, 0.3) is 10.9 Å². The Morgan fingerprint density at radius 1 is 1.27 bits per heavy atom. The molecule has 26 heavy (non-hydrogen) atoms. The SMILES string of the molecule is C=C/C(=C\N=C)Oc1ccc(Nc2ncnc3cnc(Cl)cc23)cc1C. The summed E-state index contributed by atoms with van der Waals surface area (Å²) in [5.74, 6) is 1.87. The zero-order valence-corrected chi connectivity index (χ0v) is 14.9. The number of aryl methyl sites for hydroxylation is 1. The van der Waals surface area contributed by atoms with Gasteiger partial charge in [0, 0.05) is 11.1 Å². The van der Waals surface area contributed by atoms with E-state index in [0.29, 0.717) is 28.0 Å². The van der Waals surface area contributed by atoms with Crippen molar-refractivity contribution in [3.05, 3.63) is 72.1 Å². The van der Waals surface area contributed by atoms with E-state index in [4.69, 9.17) is 16.3 Å². The summed E-state index contributed by atoms with van der Waals surface area (Å²) in [4.78, 5) is 16.2. The van der Waals surface area contributed by atoms with Gasteiger partial charge < -0.3 is 10.1 Å². The van der Waals surface area contributed by atoms with Gasteiger partial charge in [-0.25, -0.2) is 15.0 Å². The van der Waals surface area contributed by atoms with Crippen molar-refractivity contribution in [1.29, 1.82) is 0 Å². The first kappa shape index (κ1) is 17.6. The minimum atomic E-state index is 0.384. The Morgan fingerprint density at radius 2 is 2.12 bits per heavy atom. The van der Waals surface area contributed by atoms with E-state index < -0.39 is 0 Å². The summed E-state index contributed by atoms with van der Waals surface area (Å²) < 4.78 is 5.76. The predicted octanol–water partition coefficient (Wildman–Crippen LogP) is 4.84. The fraction of sp³-hybridized carbons (Fsp3) is 0.0526. The number of nitrogens with one attached hydrogen (secondary N) is 1. The highest BCUT2D eigenvalue weighted by Gasteiger charge is 2.08. The maximum atomic E-state index is 5.99. The molecule has 0 saturated carbocycles. The van der Waals surface area contributed by atoms with Crippen LogP contribution in [0.1, 0.15) is 5.56 Å². The summed E-state index contributed by atoms with van der Waals surface area (Å²) in [6.07, 6.45) is 6.17. The van der Waals surface area contributed by atoms with Gasteiger partial charge in [0.05, 0.1) is 17.9 Å². The van der Waals surface area contributed by atoms with Crippen molar-refractivity contribution in [2.75, 3.05) is 5.32 Å². The molecule has 2 aromatic heterocycles. The molecular weight excluding hydrogens is 350 g/mol. The summed E-state index contributed by atoms with van der Waals surface area (Å²) in [6.45, 7) is 9.05. The van der Waals surface area contributed by atoms with Gasteiger partial charge in [-0.1, -0.05) is 18.2 Å². The molecule has 1 aromatic carbocycles. The van der Waals surface area contributed by atoms with Crippen LogP contribution < -0.4 is 10.1 Å². The van der Waals surface area contributed by atoms with Gasteiger partial charge in [0.2, 0.25) is 0 Å². The van der Waals surface area contributed by atoms with Crippen LogP contribution >= 0.6 is 11.6 Å². The zero-order chi connectivity index (χ0) is 18.5. The van der Waals surface area contributed by atoms with Gasteiger partial charge in [-0.15, -0.1) is 0 Å². The molecule has 1 N–H and O–H groups in total. The fourth-order valence-corrected chi connectivity index (χ4v) is 2.51. The molecule has 0 fully saturated rings. The number of ether oxygens (including phenoxy) is 1. The third kappa shape index (κ3) is 3.87. The Bertz CT molecular complexity index is 1020. The van der Waals surface area contributed by atoms with E-state index in [-0.39, 0.29) is 0 Å². The van der Waals surface area contributed by atoms with Gasteiger partial charge in [0.25, 0.3) is 0 Å². The van der Waals surface area contributed by atoms with Crippen molar-refractivity contribution in [3.8, 4) is 5.75 Å². The monoisotopic (exact) mass is 365 g/mol. The highest BCUT2D eigenvalue weighted by Crippen LogP contribution is 2.28. The highest BCUT2D eigenvalue weighted by atomic mass is 35.5. The first-order valence-electron chi connectivity index (χ1n) is 7.71. The summed E-state index contributed by atoms with van der Waals surface area (Å²) in [5.41, 5.74) is 2.50. The molecule has 2 heterocycles. The lowest BCUT2D eigenvalue weighted by atomic mass is 10.2. The van der Waals surface area contributed by atoms with E-state index >= 15 is 0 Å². The van der Waals surface area contributed by atoms with Crippen LogP contribution in [0.3, 0.4) is 0 Å². The Morgan fingerprint density at radius 3 is 2.85 bits per heavy atom. The number of anilines is 2.